The van der Waals surface area contributed by atoms with Crippen molar-refractivity contribution >= 4 is 11.9 Å². The molecule has 1 amide bonds. The van der Waals surface area contributed by atoms with E-state index in [1.54, 1.807) is 0 Å². The normalized spacial score (nSPS) is 26.9. The Morgan fingerprint density at radius 3 is 2.67 bits per heavy atom. The minimum Gasteiger partial charge on any atom is -0.481 e. The lowest BCUT2D eigenvalue weighted by Gasteiger charge is -2.26. The monoisotopic (exact) mass is 299 g/mol. The molecule has 1 heterocycles. The van der Waals surface area contributed by atoms with Crippen molar-refractivity contribution in [3.63, 3.8) is 0 Å². The zero-order valence-electron chi connectivity index (χ0n) is 10.9. The van der Waals surface area contributed by atoms with Crippen LogP contribution in [0.15, 0.2) is 12.1 Å². The van der Waals surface area contributed by atoms with Gasteiger partial charge in [-0.1, -0.05) is 6.07 Å². The number of fused-ring (bicyclic) bond motifs is 1. The van der Waals surface area contributed by atoms with Crippen molar-refractivity contribution in [3.05, 3.63) is 35.1 Å². The second-order valence-corrected chi connectivity index (χ2v) is 5.47. The molecule has 1 N–H and O–H groups in total. The van der Waals surface area contributed by atoms with Crippen LogP contribution < -0.4 is 0 Å². The fourth-order valence-corrected chi connectivity index (χ4v) is 3.04. The van der Waals surface area contributed by atoms with Gasteiger partial charge in [0, 0.05) is 24.1 Å². The lowest BCUT2D eigenvalue weighted by molar-refractivity contribution is -0.140. The van der Waals surface area contributed by atoms with E-state index < -0.39 is 29.5 Å². The van der Waals surface area contributed by atoms with Gasteiger partial charge in [-0.2, -0.15) is 0 Å². The Hall–Kier alpha value is -2.05. The van der Waals surface area contributed by atoms with Crippen molar-refractivity contribution in [3.8, 4) is 0 Å². The van der Waals surface area contributed by atoms with E-state index in [0.717, 1.165) is 12.1 Å². The Kier molecular flexibility index (Phi) is 3.15. The summed E-state index contributed by atoms with van der Waals surface area (Å²) in [6.45, 7) is -0.243. The van der Waals surface area contributed by atoms with Gasteiger partial charge in [0.15, 0.2) is 17.5 Å². The number of carboxylic acids is 1. The standard InChI is InChI=1S/C14H12F3NO3/c15-9-2-1-6(12(16)13(9)17)5-18-10(4-11(19)20)7-3-8(7)14(18)21/h1-2,7-8,10H,3-5H2,(H,19,20)/t7-,8+,10-/m1/s1. The molecule has 3 rings (SSSR count). The summed E-state index contributed by atoms with van der Waals surface area (Å²) >= 11 is 0. The predicted octanol–water partition coefficient (Wildman–Crippen LogP) is 1.93. The van der Waals surface area contributed by atoms with E-state index >= 15 is 0 Å². The highest BCUT2D eigenvalue weighted by molar-refractivity contribution is 5.86. The van der Waals surface area contributed by atoms with E-state index in [2.05, 4.69) is 0 Å². The van der Waals surface area contributed by atoms with Crippen molar-refractivity contribution in [1.29, 1.82) is 0 Å². The number of halogens is 3. The average molecular weight is 299 g/mol. The lowest BCUT2D eigenvalue weighted by Crippen LogP contribution is -2.38. The number of carboxylic acid groups (broad SMARTS) is 1. The topological polar surface area (TPSA) is 57.6 Å². The third-order valence-corrected chi connectivity index (χ3v) is 4.17. The van der Waals surface area contributed by atoms with Crippen molar-refractivity contribution in [2.45, 2.75) is 25.4 Å². The zero-order valence-corrected chi connectivity index (χ0v) is 10.9. The first-order chi connectivity index (χ1) is 9.90. The molecule has 0 radical (unpaired) electrons. The van der Waals surface area contributed by atoms with Crippen molar-refractivity contribution in [1.82, 2.24) is 4.90 Å². The molecule has 0 spiro atoms. The summed E-state index contributed by atoms with van der Waals surface area (Å²) in [7, 11) is 0. The molecular formula is C14H12F3NO3. The molecule has 1 aliphatic carbocycles. The maximum absolute atomic E-state index is 13.7. The number of carbonyl (C=O) groups is 2. The summed E-state index contributed by atoms with van der Waals surface area (Å²) in [6, 6.07) is 1.36. The fraction of sp³-hybridized carbons (Fsp3) is 0.429. The number of rotatable bonds is 4. The summed E-state index contributed by atoms with van der Waals surface area (Å²) in [4.78, 5) is 24.2. The summed E-state index contributed by atoms with van der Waals surface area (Å²) in [6.07, 6.45) is 0.422. The Labute approximate surface area is 118 Å². The Morgan fingerprint density at radius 1 is 1.29 bits per heavy atom. The molecule has 2 fully saturated rings. The van der Waals surface area contributed by atoms with Crippen molar-refractivity contribution in [2.24, 2.45) is 11.8 Å². The number of piperidine rings is 1. The van der Waals surface area contributed by atoms with Gasteiger partial charge in [-0.05, 0) is 18.4 Å². The van der Waals surface area contributed by atoms with Crippen LogP contribution in [0.2, 0.25) is 0 Å². The van der Waals surface area contributed by atoms with Gasteiger partial charge in [-0.25, -0.2) is 13.2 Å². The van der Waals surface area contributed by atoms with Gasteiger partial charge in [-0.3, -0.25) is 9.59 Å². The first-order valence-corrected chi connectivity index (χ1v) is 6.54. The summed E-state index contributed by atoms with van der Waals surface area (Å²) in [5.74, 6) is -5.73. The quantitative estimate of drug-likeness (QED) is 0.864. The Balaban J connectivity index is 1.85. The molecule has 4 nitrogen and oxygen atoms in total. The highest BCUT2D eigenvalue weighted by Crippen LogP contribution is 2.51. The Bertz CT molecular complexity index is 634. The van der Waals surface area contributed by atoms with Crippen LogP contribution in [0.4, 0.5) is 13.2 Å². The van der Waals surface area contributed by atoms with Gasteiger partial charge < -0.3 is 10.0 Å². The molecule has 0 aromatic heterocycles. The molecule has 7 heteroatoms. The predicted molar refractivity (Wildman–Crippen MR) is 64.5 cm³/mol. The van der Waals surface area contributed by atoms with Gasteiger partial charge in [0.2, 0.25) is 5.91 Å². The van der Waals surface area contributed by atoms with Crippen molar-refractivity contribution < 1.29 is 27.9 Å². The molecule has 0 unspecified atom stereocenters. The van der Waals surface area contributed by atoms with Crippen LogP contribution in [0.25, 0.3) is 0 Å². The number of benzene rings is 1. The van der Waals surface area contributed by atoms with E-state index in [0.29, 0.717) is 6.42 Å². The van der Waals surface area contributed by atoms with Crippen LogP contribution >= 0.6 is 0 Å². The molecule has 1 aromatic rings. The number of amides is 1. The first-order valence-electron chi connectivity index (χ1n) is 6.54. The number of hydrogen-bond donors (Lipinski definition) is 1. The third-order valence-electron chi connectivity index (χ3n) is 4.17. The molecule has 1 saturated heterocycles. The smallest absolute Gasteiger partial charge is 0.305 e. The summed E-state index contributed by atoms with van der Waals surface area (Å²) in [5, 5.41) is 8.89. The van der Waals surface area contributed by atoms with Gasteiger partial charge in [0.25, 0.3) is 0 Å². The average Bonchev–Trinajstić information content (AvgIpc) is 3.17. The SMILES string of the molecule is O=C(O)C[C@@H]1[C@@H]2C[C@@H]2C(=O)N1Cc1ccc(F)c(F)c1F. The minimum absolute atomic E-state index is 0.0260. The van der Waals surface area contributed by atoms with Crippen LogP contribution in [-0.4, -0.2) is 27.9 Å². The lowest BCUT2D eigenvalue weighted by atomic mass is 10.1. The van der Waals surface area contributed by atoms with Gasteiger partial charge >= 0.3 is 5.97 Å². The van der Waals surface area contributed by atoms with E-state index in [4.69, 9.17) is 5.11 Å². The highest BCUT2D eigenvalue weighted by Gasteiger charge is 2.58. The minimum atomic E-state index is -1.58. The largest absolute Gasteiger partial charge is 0.481 e. The number of hydrogen-bond acceptors (Lipinski definition) is 2. The third kappa shape index (κ3) is 2.26. The van der Waals surface area contributed by atoms with E-state index in [9.17, 15) is 22.8 Å². The van der Waals surface area contributed by atoms with Crippen molar-refractivity contribution in [2.75, 3.05) is 0 Å². The summed E-state index contributed by atoms with van der Waals surface area (Å²) in [5.41, 5.74) is -0.154. The fourth-order valence-electron chi connectivity index (χ4n) is 3.04. The second kappa shape index (κ2) is 4.75. The molecule has 1 aliphatic heterocycles. The first kappa shape index (κ1) is 13.9. The highest BCUT2D eigenvalue weighted by atomic mass is 19.2. The van der Waals surface area contributed by atoms with E-state index in [-0.39, 0.29) is 36.3 Å². The van der Waals surface area contributed by atoms with Crippen LogP contribution in [0.5, 0.6) is 0 Å². The Morgan fingerprint density at radius 2 is 2.00 bits per heavy atom. The van der Waals surface area contributed by atoms with E-state index in [1.165, 1.54) is 4.90 Å². The van der Waals surface area contributed by atoms with Crippen LogP contribution in [-0.2, 0) is 16.1 Å². The maximum atomic E-state index is 13.7. The molecule has 3 atom stereocenters. The number of nitrogens with zero attached hydrogens (tertiary/aromatic N) is 1. The van der Waals surface area contributed by atoms with Gasteiger partial charge in [-0.15, -0.1) is 0 Å². The van der Waals surface area contributed by atoms with Gasteiger partial charge in [0.1, 0.15) is 0 Å². The molecule has 1 saturated carbocycles. The number of aliphatic carboxylic acids is 1. The maximum Gasteiger partial charge on any atom is 0.305 e. The second-order valence-electron chi connectivity index (χ2n) is 5.47. The number of carbonyl (C=O) groups excluding carboxylic acids is 1. The number of likely N-dealkylation sites (tertiary alicyclic amines) is 1. The molecular weight excluding hydrogens is 287 g/mol. The van der Waals surface area contributed by atoms with Crippen LogP contribution in [0.3, 0.4) is 0 Å². The van der Waals surface area contributed by atoms with Crippen LogP contribution in [0, 0.1) is 29.3 Å². The summed E-state index contributed by atoms with van der Waals surface area (Å²) < 4.78 is 39.8. The molecule has 21 heavy (non-hydrogen) atoms. The van der Waals surface area contributed by atoms with Crippen LogP contribution in [0.1, 0.15) is 18.4 Å². The molecule has 112 valence electrons. The molecule has 0 bridgehead atoms. The zero-order chi connectivity index (χ0) is 15.3. The molecule has 2 aliphatic rings. The molecule has 1 aromatic carbocycles. The van der Waals surface area contributed by atoms with E-state index in [1.807, 2.05) is 0 Å². The van der Waals surface area contributed by atoms with Gasteiger partial charge in [0.05, 0.1) is 6.42 Å².